The number of nitrogens with zero attached hydrogens (tertiary/aromatic N) is 4. The molecule has 4 aromatic carbocycles. The highest BCUT2D eigenvalue weighted by Crippen LogP contribution is 2.42. The van der Waals surface area contributed by atoms with Gasteiger partial charge in [-0.25, -0.2) is 0 Å². The molecular weight excluding hydrogens is 368 g/mol. The summed E-state index contributed by atoms with van der Waals surface area (Å²) in [7, 11) is 0. The molecule has 0 saturated heterocycles. The van der Waals surface area contributed by atoms with Crippen molar-refractivity contribution in [1.29, 1.82) is 10.5 Å². The summed E-state index contributed by atoms with van der Waals surface area (Å²) < 4.78 is 4.36. The second-order valence-corrected chi connectivity index (χ2v) is 7.64. The summed E-state index contributed by atoms with van der Waals surface area (Å²) in [6.45, 7) is 0. The maximum absolute atomic E-state index is 9.99. The monoisotopic (exact) mass is 380 g/mol. The van der Waals surface area contributed by atoms with E-state index in [2.05, 4.69) is 45.2 Å². The van der Waals surface area contributed by atoms with Gasteiger partial charge in [-0.3, -0.25) is 0 Å². The SMILES string of the molecule is N#Cc1ccc2c3ccccc3n3c4c(C#N)ccc5c6ccccc6n(c1c23)c54. The molecule has 0 spiro atoms. The second kappa shape index (κ2) is 5.08. The van der Waals surface area contributed by atoms with E-state index in [9.17, 15) is 10.5 Å². The molecule has 4 nitrogen and oxygen atoms in total. The first-order chi connectivity index (χ1) is 14.8. The predicted octanol–water partition coefficient (Wildman–Crippen LogP) is 5.99. The highest BCUT2D eigenvalue weighted by molar-refractivity contribution is 6.23. The van der Waals surface area contributed by atoms with Gasteiger partial charge in [0, 0.05) is 21.5 Å². The van der Waals surface area contributed by atoms with Crippen molar-refractivity contribution in [2.75, 3.05) is 0 Å². The lowest BCUT2D eigenvalue weighted by molar-refractivity contribution is 1.24. The minimum atomic E-state index is 0.627. The Labute approximate surface area is 170 Å². The van der Waals surface area contributed by atoms with E-state index in [4.69, 9.17) is 0 Å². The number of benzene rings is 4. The lowest BCUT2D eigenvalue weighted by Gasteiger charge is -2.13. The van der Waals surface area contributed by atoms with Gasteiger partial charge in [-0.2, -0.15) is 10.5 Å². The number of nitriles is 2. The molecule has 3 aromatic heterocycles. The van der Waals surface area contributed by atoms with Gasteiger partial charge in [0.25, 0.3) is 0 Å². The summed E-state index contributed by atoms with van der Waals surface area (Å²) in [5.74, 6) is 0. The Kier molecular flexibility index (Phi) is 2.61. The van der Waals surface area contributed by atoms with Crippen molar-refractivity contribution in [3.8, 4) is 12.1 Å². The molecule has 3 heterocycles. The summed E-state index contributed by atoms with van der Waals surface area (Å²) in [5, 5.41) is 24.4. The van der Waals surface area contributed by atoms with Gasteiger partial charge in [0.05, 0.1) is 44.2 Å². The van der Waals surface area contributed by atoms with Crippen LogP contribution in [0.2, 0.25) is 0 Å². The average molecular weight is 380 g/mol. The fraction of sp³-hybridized carbons (Fsp3) is 0. The van der Waals surface area contributed by atoms with Crippen molar-refractivity contribution in [3.63, 3.8) is 0 Å². The molecule has 4 heteroatoms. The van der Waals surface area contributed by atoms with Gasteiger partial charge < -0.3 is 8.80 Å². The first kappa shape index (κ1) is 15.4. The second-order valence-electron chi connectivity index (χ2n) is 7.64. The van der Waals surface area contributed by atoms with Gasteiger partial charge in [0.2, 0.25) is 0 Å². The fourth-order valence-corrected chi connectivity index (χ4v) is 5.18. The summed E-state index contributed by atoms with van der Waals surface area (Å²) >= 11 is 0. The number of hydrogen-bond donors (Lipinski definition) is 0. The maximum Gasteiger partial charge on any atom is 0.101 e. The maximum atomic E-state index is 9.99. The average Bonchev–Trinajstić information content (AvgIpc) is 3.32. The van der Waals surface area contributed by atoms with E-state index in [0.29, 0.717) is 11.1 Å². The van der Waals surface area contributed by atoms with Gasteiger partial charge in [0.15, 0.2) is 0 Å². The number of para-hydroxylation sites is 2. The molecule has 7 rings (SSSR count). The summed E-state index contributed by atoms with van der Waals surface area (Å²) in [4.78, 5) is 0. The minimum Gasteiger partial charge on any atom is -0.304 e. The normalized spacial score (nSPS) is 11.9. The molecule has 30 heavy (non-hydrogen) atoms. The third kappa shape index (κ3) is 1.55. The highest BCUT2D eigenvalue weighted by atomic mass is 15.0. The first-order valence-corrected chi connectivity index (χ1v) is 9.76. The standard InChI is InChI=1S/C26H12N4/c27-13-15-9-11-19-17-5-1-3-7-21(17)29-24-16(14-28)10-12-20-18-6-2-4-8-22(18)30(26(20)24)23(15)25(19)29/h1-12H. The largest absolute Gasteiger partial charge is 0.304 e. The van der Waals surface area contributed by atoms with Crippen LogP contribution >= 0.6 is 0 Å². The zero-order valence-corrected chi connectivity index (χ0v) is 15.7. The number of aromatic nitrogens is 2. The summed E-state index contributed by atoms with van der Waals surface area (Å²) in [5.41, 5.74) is 7.08. The molecule has 0 atom stereocenters. The zero-order chi connectivity index (χ0) is 20.0. The zero-order valence-electron chi connectivity index (χ0n) is 15.7. The van der Waals surface area contributed by atoms with Crippen molar-refractivity contribution in [3.05, 3.63) is 83.9 Å². The molecule has 0 radical (unpaired) electrons. The quantitative estimate of drug-likeness (QED) is 0.304. The molecule has 0 aliphatic carbocycles. The summed E-state index contributed by atoms with van der Waals surface area (Å²) in [6, 6.07) is 29.2. The molecule has 0 aliphatic rings. The molecule has 0 N–H and O–H groups in total. The van der Waals surface area contributed by atoms with Crippen LogP contribution in [-0.4, -0.2) is 8.80 Å². The van der Waals surface area contributed by atoms with Crippen molar-refractivity contribution < 1.29 is 0 Å². The molecule has 0 aliphatic heterocycles. The first-order valence-electron chi connectivity index (χ1n) is 9.76. The predicted molar refractivity (Wildman–Crippen MR) is 119 cm³/mol. The Bertz CT molecular complexity index is 1780. The van der Waals surface area contributed by atoms with E-state index < -0.39 is 0 Å². The smallest absolute Gasteiger partial charge is 0.101 e. The molecule has 0 amide bonds. The molecule has 0 saturated carbocycles. The van der Waals surface area contributed by atoms with Crippen molar-refractivity contribution >= 4 is 54.6 Å². The summed E-state index contributed by atoms with van der Waals surface area (Å²) in [6.07, 6.45) is 0. The molecule has 7 aromatic rings. The molecule has 0 unspecified atom stereocenters. The molecule has 0 bridgehead atoms. The van der Waals surface area contributed by atoms with Gasteiger partial charge in [-0.15, -0.1) is 0 Å². The van der Waals surface area contributed by atoms with Crippen LogP contribution in [0.15, 0.2) is 72.8 Å². The van der Waals surface area contributed by atoms with Gasteiger partial charge >= 0.3 is 0 Å². The lowest BCUT2D eigenvalue weighted by atomic mass is 10.1. The number of hydrogen-bond acceptors (Lipinski definition) is 2. The van der Waals surface area contributed by atoms with Gasteiger partial charge in [-0.05, 0) is 24.3 Å². The van der Waals surface area contributed by atoms with Gasteiger partial charge in [0.1, 0.15) is 12.1 Å². The van der Waals surface area contributed by atoms with Crippen LogP contribution in [0.25, 0.3) is 54.6 Å². The Balaban J connectivity index is 2.05. The van der Waals surface area contributed by atoms with E-state index in [1.807, 2.05) is 48.5 Å². The van der Waals surface area contributed by atoms with E-state index in [1.165, 1.54) is 0 Å². The topological polar surface area (TPSA) is 56.4 Å². The Morgan fingerprint density at radius 3 is 1.33 bits per heavy atom. The van der Waals surface area contributed by atoms with E-state index in [-0.39, 0.29) is 0 Å². The van der Waals surface area contributed by atoms with Crippen molar-refractivity contribution in [2.45, 2.75) is 0 Å². The van der Waals surface area contributed by atoms with Crippen LogP contribution in [0.5, 0.6) is 0 Å². The van der Waals surface area contributed by atoms with E-state index >= 15 is 0 Å². The van der Waals surface area contributed by atoms with Crippen LogP contribution in [0.4, 0.5) is 0 Å². The Morgan fingerprint density at radius 2 is 0.900 bits per heavy atom. The van der Waals surface area contributed by atoms with Crippen LogP contribution in [0.1, 0.15) is 11.1 Å². The third-order valence-electron chi connectivity index (χ3n) is 6.31. The third-order valence-corrected chi connectivity index (χ3v) is 6.31. The molecule has 136 valence electrons. The van der Waals surface area contributed by atoms with Crippen LogP contribution < -0.4 is 0 Å². The van der Waals surface area contributed by atoms with Crippen LogP contribution in [0, 0.1) is 22.7 Å². The number of fused-ring (bicyclic) bond motifs is 8. The van der Waals surface area contributed by atoms with Crippen LogP contribution in [-0.2, 0) is 0 Å². The number of rotatable bonds is 0. The molecule has 0 fully saturated rings. The molecular formula is C26H12N4. The fourth-order valence-electron chi connectivity index (χ4n) is 5.18. The highest BCUT2D eigenvalue weighted by Gasteiger charge is 2.23. The van der Waals surface area contributed by atoms with E-state index in [0.717, 1.165) is 54.6 Å². The van der Waals surface area contributed by atoms with Crippen molar-refractivity contribution in [2.24, 2.45) is 0 Å². The van der Waals surface area contributed by atoms with Crippen LogP contribution in [0.3, 0.4) is 0 Å². The minimum absolute atomic E-state index is 0.627. The Hall–Kier alpha value is -4.54. The Morgan fingerprint density at radius 1 is 0.467 bits per heavy atom. The van der Waals surface area contributed by atoms with Gasteiger partial charge in [-0.1, -0.05) is 48.5 Å². The van der Waals surface area contributed by atoms with E-state index in [1.54, 1.807) is 0 Å². The van der Waals surface area contributed by atoms with Crippen molar-refractivity contribution in [1.82, 2.24) is 8.80 Å². The lowest BCUT2D eigenvalue weighted by Crippen LogP contribution is -2.00.